The van der Waals surface area contributed by atoms with Gasteiger partial charge in [0.25, 0.3) is 10.0 Å². The average molecular weight is 550 g/mol. The van der Waals surface area contributed by atoms with Crippen molar-refractivity contribution in [1.82, 2.24) is 0 Å². The molecule has 3 aromatic rings. The van der Waals surface area contributed by atoms with Crippen LogP contribution in [0.1, 0.15) is 56.6 Å². The molecule has 0 amide bonds. The van der Waals surface area contributed by atoms with Crippen LogP contribution in [-0.2, 0) is 32.4 Å². The molecule has 8 heteroatoms. The van der Waals surface area contributed by atoms with Crippen LogP contribution in [0.5, 0.6) is 5.75 Å². The lowest BCUT2D eigenvalue weighted by Gasteiger charge is -2.37. The molecule has 1 unspecified atom stereocenters. The van der Waals surface area contributed by atoms with Gasteiger partial charge in [0.05, 0.1) is 5.57 Å². The number of sulfonamides is 1. The molecule has 1 aliphatic heterocycles. The number of nitrogens with one attached hydrogen (secondary N) is 1. The Morgan fingerprint density at radius 3 is 2.31 bits per heavy atom. The first kappa shape index (κ1) is 28.2. The van der Waals surface area contributed by atoms with Gasteiger partial charge in [0, 0.05) is 12.1 Å². The number of hydrogen-bond donors (Lipinski definition) is 3. The Kier molecular flexibility index (Phi) is 8.97. The highest BCUT2D eigenvalue weighted by molar-refractivity contribution is 7.92. The maximum Gasteiger partial charge on any atom is 0.337 e. The molecule has 0 saturated carbocycles. The van der Waals surface area contributed by atoms with Crippen molar-refractivity contribution in [3.8, 4) is 5.75 Å². The van der Waals surface area contributed by atoms with Crippen LogP contribution in [0.3, 0.4) is 0 Å². The molecule has 1 aliphatic rings. The fraction of sp³-hybridized carbons (Fsp3) is 0.323. The normalized spacial score (nSPS) is 17.6. The number of aromatic hydroxyl groups is 1. The summed E-state index contributed by atoms with van der Waals surface area (Å²) < 4.78 is 33.9. The molecule has 0 saturated heterocycles. The summed E-state index contributed by atoms with van der Waals surface area (Å²) in [7, 11) is -3.95. The number of phenols is 1. The van der Waals surface area contributed by atoms with Crippen LogP contribution in [0.25, 0.3) is 0 Å². The van der Waals surface area contributed by atoms with Crippen molar-refractivity contribution < 1.29 is 28.2 Å². The van der Waals surface area contributed by atoms with Gasteiger partial charge < -0.3 is 14.9 Å². The topological polar surface area (TPSA) is 113 Å². The van der Waals surface area contributed by atoms with Gasteiger partial charge in [-0.3, -0.25) is 4.72 Å². The molecular weight excluding hydrogens is 514 g/mol. The van der Waals surface area contributed by atoms with E-state index in [1.54, 1.807) is 30.3 Å². The number of aliphatic hydroxyl groups excluding tert-OH is 1. The zero-order chi connectivity index (χ0) is 27.9. The molecule has 3 N–H and O–H groups in total. The third-order valence-corrected chi connectivity index (χ3v) is 8.47. The highest BCUT2D eigenvalue weighted by Crippen LogP contribution is 2.38. The minimum Gasteiger partial charge on any atom is -0.512 e. The van der Waals surface area contributed by atoms with Gasteiger partial charge in [0.1, 0.15) is 22.0 Å². The number of aryl methyl sites for hydroxylation is 2. The zero-order valence-electron chi connectivity index (χ0n) is 22.1. The molecule has 0 radical (unpaired) electrons. The van der Waals surface area contributed by atoms with E-state index in [9.17, 15) is 23.4 Å². The minimum absolute atomic E-state index is 0.108. The molecule has 0 spiro atoms. The van der Waals surface area contributed by atoms with Crippen LogP contribution in [-0.4, -0.2) is 30.2 Å². The molecule has 0 fully saturated rings. The van der Waals surface area contributed by atoms with Gasteiger partial charge in [-0.05, 0) is 73.9 Å². The third kappa shape index (κ3) is 7.20. The molecule has 1 heterocycles. The molecule has 0 aliphatic carbocycles. The summed E-state index contributed by atoms with van der Waals surface area (Å²) in [5.41, 5.74) is 2.03. The van der Waals surface area contributed by atoms with Crippen LogP contribution >= 0.6 is 0 Å². The first-order chi connectivity index (χ1) is 18.7. The number of anilines is 1. The number of ether oxygens (including phenoxy) is 1. The quantitative estimate of drug-likeness (QED) is 0.224. The smallest absolute Gasteiger partial charge is 0.337 e. The van der Waals surface area contributed by atoms with E-state index in [0.717, 1.165) is 18.4 Å². The molecule has 4 rings (SSSR count). The summed E-state index contributed by atoms with van der Waals surface area (Å²) in [4.78, 5) is 12.8. The van der Waals surface area contributed by atoms with Gasteiger partial charge in [-0.25, -0.2) is 13.2 Å². The molecule has 3 aromatic carbocycles. The molecular formula is C31H35NO6S. The summed E-state index contributed by atoms with van der Waals surface area (Å²) in [6.07, 6.45) is 4.77. The van der Waals surface area contributed by atoms with Crippen molar-refractivity contribution in [3.05, 3.63) is 101 Å². The van der Waals surface area contributed by atoms with Crippen molar-refractivity contribution in [2.45, 2.75) is 68.8 Å². The van der Waals surface area contributed by atoms with Crippen molar-refractivity contribution in [1.29, 1.82) is 0 Å². The third-order valence-electron chi connectivity index (χ3n) is 7.04. The Balaban J connectivity index is 1.38. The number of hydrogen-bond acceptors (Lipinski definition) is 6. The Morgan fingerprint density at radius 2 is 1.59 bits per heavy atom. The number of benzene rings is 3. The number of rotatable bonds is 12. The predicted octanol–water partition coefficient (Wildman–Crippen LogP) is 6.45. The molecule has 0 bridgehead atoms. The number of esters is 1. The summed E-state index contributed by atoms with van der Waals surface area (Å²) in [6.45, 7) is 2.05. The van der Waals surface area contributed by atoms with Crippen molar-refractivity contribution in [3.63, 3.8) is 0 Å². The van der Waals surface area contributed by atoms with E-state index < -0.39 is 21.6 Å². The van der Waals surface area contributed by atoms with Gasteiger partial charge in [-0.2, -0.15) is 0 Å². The highest BCUT2D eigenvalue weighted by Gasteiger charge is 2.40. The van der Waals surface area contributed by atoms with Crippen LogP contribution in [0, 0.1) is 0 Å². The molecule has 1 atom stereocenters. The Labute approximate surface area is 230 Å². The maximum absolute atomic E-state index is 13.0. The average Bonchev–Trinajstić information content (AvgIpc) is 2.90. The first-order valence-electron chi connectivity index (χ1n) is 13.3. The van der Waals surface area contributed by atoms with E-state index in [1.807, 2.05) is 31.2 Å². The van der Waals surface area contributed by atoms with Gasteiger partial charge in [-0.1, -0.05) is 67.9 Å². The van der Waals surface area contributed by atoms with E-state index in [4.69, 9.17) is 4.74 Å². The summed E-state index contributed by atoms with van der Waals surface area (Å²) in [5, 5.41) is 20.8. The molecule has 206 valence electrons. The number of carbonyl (C=O) groups is 1. The number of carbonyl (C=O) groups excluding carboxylic acids is 1. The highest BCUT2D eigenvalue weighted by atomic mass is 32.2. The minimum atomic E-state index is -3.95. The number of para-hydroxylation sites is 1. The van der Waals surface area contributed by atoms with Gasteiger partial charge in [0.2, 0.25) is 0 Å². The lowest BCUT2D eigenvalue weighted by molar-refractivity contribution is -0.161. The Bertz CT molecular complexity index is 1430. The van der Waals surface area contributed by atoms with E-state index in [2.05, 4.69) is 16.9 Å². The van der Waals surface area contributed by atoms with E-state index in [0.29, 0.717) is 49.8 Å². The lowest BCUT2D eigenvalue weighted by atomic mass is 9.83. The standard InChI is InChI=1S/C31H35NO6S/c1-2-19-31(20-18-23-10-4-3-5-11-23)22-28(34)26(30(35)38-31)15-9-13-24-12-8-14-25(21-24)32-39(36,37)29-17-7-6-16-27(29)33/h3-8,10-12,14,16-17,21,32-34H,2,9,13,15,18-20,22H2,1H3. The van der Waals surface area contributed by atoms with Gasteiger partial charge in [0.15, 0.2) is 0 Å². The van der Waals surface area contributed by atoms with Crippen LogP contribution in [0.2, 0.25) is 0 Å². The fourth-order valence-electron chi connectivity index (χ4n) is 5.10. The summed E-state index contributed by atoms with van der Waals surface area (Å²) in [5.74, 6) is -0.669. The Hall–Kier alpha value is -3.78. The fourth-order valence-corrected chi connectivity index (χ4v) is 6.25. The second-order valence-corrected chi connectivity index (χ2v) is 11.7. The lowest BCUT2D eigenvalue weighted by Crippen LogP contribution is -2.40. The van der Waals surface area contributed by atoms with Crippen molar-refractivity contribution >= 4 is 21.7 Å². The van der Waals surface area contributed by atoms with E-state index in [1.165, 1.54) is 17.7 Å². The van der Waals surface area contributed by atoms with Crippen LogP contribution in [0.4, 0.5) is 5.69 Å². The zero-order valence-corrected chi connectivity index (χ0v) is 22.9. The van der Waals surface area contributed by atoms with Crippen LogP contribution < -0.4 is 4.72 Å². The molecule has 0 aromatic heterocycles. The van der Waals surface area contributed by atoms with Gasteiger partial charge >= 0.3 is 5.97 Å². The second-order valence-electron chi connectivity index (χ2n) is 10.0. The van der Waals surface area contributed by atoms with Gasteiger partial charge in [-0.15, -0.1) is 0 Å². The number of phenolic OH excluding ortho intramolecular Hbond substituents is 1. The van der Waals surface area contributed by atoms with Crippen molar-refractivity contribution in [2.24, 2.45) is 0 Å². The second kappa shape index (κ2) is 12.4. The monoisotopic (exact) mass is 549 g/mol. The van der Waals surface area contributed by atoms with E-state index >= 15 is 0 Å². The predicted molar refractivity (Wildman–Crippen MR) is 151 cm³/mol. The number of aliphatic hydroxyl groups is 1. The van der Waals surface area contributed by atoms with Crippen molar-refractivity contribution in [2.75, 3.05) is 4.72 Å². The SMILES string of the molecule is CCCC1(CCc2ccccc2)CC(O)=C(CCCc2cccc(NS(=O)(=O)c3ccccc3O)c2)C(=O)O1. The first-order valence-corrected chi connectivity index (χ1v) is 14.8. The van der Waals surface area contributed by atoms with E-state index in [-0.39, 0.29) is 16.4 Å². The maximum atomic E-state index is 13.0. The summed E-state index contributed by atoms with van der Waals surface area (Å²) >= 11 is 0. The molecule has 7 nitrogen and oxygen atoms in total. The largest absolute Gasteiger partial charge is 0.512 e. The van der Waals surface area contributed by atoms with Crippen LogP contribution in [0.15, 0.2) is 95.1 Å². The molecule has 39 heavy (non-hydrogen) atoms. The Morgan fingerprint density at radius 1 is 0.872 bits per heavy atom. The number of cyclic esters (lactones) is 1. The summed E-state index contributed by atoms with van der Waals surface area (Å²) in [6, 6.07) is 22.8.